The molecule has 124 valence electrons. The summed E-state index contributed by atoms with van der Waals surface area (Å²) in [6.07, 6.45) is 0. The summed E-state index contributed by atoms with van der Waals surface area (Å²) in [6, 6.07) is 8.14. The van der Waals surface area contributed by atoms with Crippen molar-refractivity contribution in [2.45, 2.75) is 46.7 Å². The minimum Gasteiger partial charge on any atom is -0.340 e. The van der Waals surface area contributed by atoms with Crippen molar-refractivity contribution < 1.29 is 4.79 Å². The summed E-state index contributed by atoms with van der Waals surface area (Å²) < 4.78 is 1.95. The van der Waals surface area contributed by atoms with Gasteiger partial charge in [0.05, 0.1) is 16.9 Å². The number of nitrogens with zero attached hydrogens (tertiary/aromatic N) is 3. The van der Waals surface area contributed by atoms with E-state index in [9.17, 15) is 4.79 Å². The van der Waals surface area contributed by atoms with E-state index in [4.69, 9.17) is 5.73 Å². The van der Waals surface area contributed by atoms with Crippen molar-refractivity contribution >= 4 is 5.91 Å². The molecule has 0 spiro atoms. The van der Waals surface area contributed by atoms with Gasteiger partial charge >= 0.3 is 0 Å². The SMILES string of the molecule is Cc1ccccc1-n1nc(C)c(CN(C)C(=O)C(C)(C)N)c1C. The summed E-state index contributed by atoms with van der Waals surface area (Å²) in [4.78, 5) is 14.0. The molecule has 0 bridgehead atoms. The van der Waals surface area contributed by atoms with Crippen LogP contribution in [0.1, 0.15) is 36.4 Å². The van der Waals surface area contributed by atoms with E-state index in [2.05, 4.69) is 24.2 Å². The Morgan fingerprint density at radius 2 is 1.87 bits per heavy atom. The molecule has 0 radical (unpaired) electrons. The normalized spacial score (nSPS) is 11.6. The molecule has 0 aliphatic heterocycles. The number of para-hydroxylation sites is 1. The number of rotatable bonds is 4. The van der Waals surface area contributed by atoms with Gasteiger partial charge in [-0.05, 0) is 46.2 Å². The maximum atomic E-state index is 12.3. The Hall–Kier alpha value is -2.14. The van der Waals surface area contributed by atoms with Gasteiger partial charge in [0.1, 0.15) is 0 Å². The number of hydrogen-bond acceptors (Lipinski definition) is 3. The first-order valence-electron chi connectivity index (χ1n) is 7.78. The monoisotopic (exact) mass is 314 g/mol. The van der Waals surface area contributed by atoms with Crippen molar-refractivity contribution in [3.05, 3.63) is 46.8 Å². The molecule has 1 aromatic heterocycles. The van der Waals surface area contributed by atoms with Crippen LogP contribution in [-0.2, 0) is 11.3 Å². The molecule has 0 fully saturated rings. The van der Waals surface area contributed by atoms with E-state index in [1.54, 1.807) is 25.8 Å². The fourth-order valence-electron chi connectivity index (χ4n) is 2.74. The van der Waals surface area contributed by atoms with Crippen molar-refractivity contribution in [2.75, 3.05) is 7.05 Å². The second-order valence-electron chi connectivity index (χ2n) is 6.73. The Balaban J connectivity index is 2.36. The second-order valence-corrected chi connectivity index (χ2v) is 6.73. The molecule has 5 nitrogen and oxygen atoms in total. The highest BCUT2D eigenvalue weighted by atomic mass is 16.2. The Morgan fingerprint density at radius 3 is 2.43 bits per heavy atom. The first-order chi connectivity index (χ1) is 10.6. The Kier molecular flexibility index (Phi) is 4.61. The van der Waals surface area contributed by atoms with Gasteiger partial charge in [0.15, 0.2) is 0 Å². The predicted octanol–water partition coefficient (Wildman–Crippen LogP) is 2.49. The minimum absolute atomic E-state index is 0.0834. The number of hydrogen-bond donors (Lipinski definition) is 1. The molecule has 2 N–H and O–H groups in total. The highest BCUT2D eigenvalue weighted by Gasteiger charge is 2.27. The molecule has 0 saturated carbocycles. The maximum absolute atomic E-state index is 12.3. The lowest BCUT2D eigenvalue weighted by Gasteiger charge is -2.26. The van der Waals surface area contributed by atoms with E-state index >= 15 is 0 Å². The molecular weight excluding hydrogens is 288 g/mol. The molecule has 1 heterocycles. The van der Waals surface area contributed by atoms with Crippen molar-refractivity contribution in [2.24, 2.45) is 5.73 Å². The van der Waals surface area contributed by atoms with Gasteiger partial charge in [-0.1, -0.05) is 18.2 Å². The predicted molar refractivity (Wildman–Crippen MR) is 92.5 cm³/mol. The number of carbonyl (C=O) groups excluding carboxylic acids is 1. The molecule has 0 aliphatic rings. The summed E-state index contributed by atoms with van der Waals surface area (Å²) in [5.41, 5.74) is 10.3. The van der Waals surface area contributed by atoms with E-state index in [1.807, 2.05) is 30.7 Å². The number of carbonyl (C=O) groups is 1. The third kappa shape index (κ3) is 3.45. The van der Waals surface area contributed by atoms with Crippen molar-refractivity contribution in [3.63, 3.8) is 0 Å². The summed E-state index contributed by atoms with van der Waals surface area (Å²) in [7, 11) is 1.78. The average molecular weight is 314 g/mol. The van der Waals surface area contributed by atoms with E-state index in [0.717, 1.165) is 28.2 Å². The maximum Gasteiger partial charge on any atom is 0.242 e. The standard InChI is InChI=1S/C18H26N4O/c1-12-9-7-8-10-16(12)22-14(3)15(13(2)20-22)11-21(6)17(23)18(4,5)19/h7-10H,11,19H2,1-6H3. The van der Waals surface area contributed by atoms with Gasteiger partial charge < -0.3 is 10.6 Å². The number of nitrogens with two attached hydrogens (primary N) is 1. The molecule has 2 aromatic rings. The minimum atomic E-state index is -0.872. The van der Waals surface area contributed by atoms with Crippen LogP contribution in [0.3, 0.4) is 0 Å². The second kappa shape index (κ2) is 6.16. The van der Waals surface area contributed by atoms with Crippen LogP contribution in [0.25, 0.3) is 5.69 Å². The molecule has 0 aliphatic carbocycles. The summed E-state index contributed by atoms with van der Waals surface area (Å²) >= 11 is 0. The third-order valence-electron chi connectivity index (χ3n) is 4.08. The van der Waals surface area contributed by atoms with Crippen LogP contribution in [-0.4, -0.2) is 33.2 Å². The first kappa shape index (κ1) is 17.2. The molecule has 5 heteroatoms. The zero-order valence-corrected chi connectivity index (χ0v) is 14.8. The van der Waals surface area contributed by atoms with Crippen LogP contribution >= 0.6 is 0 Å². The molecule has 0 saturated heterocycles. The molecule has 1 amide bonds. The van der Waals surface area contributed by atoms with Crippen molar-refractivity contribution in [1.82, 2.24) is 14.7 Å². The van der Waals surface area contributed by atoms with Gasteiger partial charge in [-0.25, -0.2) is 4.68 Å². The quantitative estimate of drug-likeness (QED) is 0.943. The van der Waals surface area contributed by atoms with Gasteiger partial charge in [-0.3, -0.25) is 4.79 Å². The van der Waals surface area contributed by atoms with Crippen LogP contribution in [0, 0.1) is 20.8 Å². The van der Waals surface area contributed by atoms with Crippen LogP contribution in [0.15, 0.2) is 24.3 Å². The van der Waals surface area contributed by atoms with Crippen molar-refractivity contribution in [1.29, 1.82) is 0 Å². The van der Waals surface area contributed by atoms with Crippen LogP contribution in [0.4, 0.5) is 0 Å². The third-order valence-corrected chi connectivity index (χ3v) is 4.08. The van der Waals surface area contributed by atoms with Gasteiger partial charge in [0.2, 0.25) is 5.91 Å². The van der Waals surface area contributed by atoms with Crippen LogP contribution in [0.2, 0.25) is 0 Å². The number of likely N-dealkylation sites (N-methyl/N-ethyl adjacent to an activating group) is 1. The molecule has 2 rings (SSSR count). The zero-order valence-electron chi connectivity index (χ0n) is 14.8. The fourth-order valence-corrected chi connectivity index (χ4v) is 2.74. The average Bonchev–Trinajstić information content (AvgIpc) is 2.74. The summed E-state index contributed by atoms with van der Waals surface area (Å²) in [6.45, 7) is 10.0. The lowest BCUT2D eigenvalue weighted by molar-refractivity contribution is -0.135. The number of benzene rings is 1. The highest BCUT2D eigenvalue weighted by Crippen LogP contribution is 2.22. The van der Waals surface area contributed by atoms with Crippen molar-refractivity contribution in [3.8, 4) is 5.69 Å². The van der Waals surface area contributed by atoms with Crippen LogP contribution < -0.4 is 5.73 Å². The van der Waals surface area contributed by atoms with E-state index in [-0.39, 0.29) is 5.91 Å². The van der Waals surface area contributed by atoms with Crippen LogP contribution in [0.5, 0.6) is 0 Å². The first-order valence-corrected chi connectivity index (χ1v) is 7.78. The number of aromatic nitrogens is 2. The topological polar surface area (TPSA) is 64.2 Å². The summed E-state index contributed by atoms with van der Waals surface area (Å²) in [5.74, 6) is -0.0834. The van der Waals surface area contributed by atoms with Gasteiger partial charge in [0.25, 0.3) is 0 Å². The van der Waals surface area contributed by atoms with Gasteiger partial charge in [-0.2, -0.15) is 5.10 Å². The molecule has 0 unspecified atom stereocenters. The highest BCUT2D eigenvalue weighted by molar-refractivity contribution is 5.85. The Morgan fingerprint density at radius 1 is 1.26 bits per heavy atom. The molecule has 1 aromatic carbocycles. The molecule has 0 atom stereocenters. The largest absolute Gasteiger partial charge is 0.340 e. The lowest BCUT2D eigenvalue weighted by atomic mass is 10.0. The molecule has 23 heavy (non-hydrogen) atoms. The molecular formula is C18H26N4O. The van der Waals surface area contributed by atoms with E-state index in [0.29, 0.717) is 6.54 Å². The smallest absolute Gasteiger partial charge is 0.242 e. The lowest BCUT2D eigenvalue weighted by Crippen LogP contribution is -2.49. The van der Waals surface area contributed by atoms with E-state index < -0.39 is 5.54 Å². The fraction of sp³-hybridized carbons (Fsp3) is 0.444. The Labute approximate surface area is 138 Å². The summed E-state index contributed by atoms with van der Waals surface area (Å²) in [5, 5.41) is 4.66. The van der Waals surface area contributed by atoms with E-state index in [1.165, 1.54) is 0 Å². The number of aryl methyl sites for hydroxylation is 2. The van der Waals surface area contributed by atoms with Gasteiger partial charge in [-0.15, -0.1) is 0 Å². The Bertz CT molecular complexity index is 725. The zero-order chi connectivity index (χ0) is 17.4. The number of amides is 1. The van der Waals surface area contributed by atoms with Gasteiger partial charge in [0, 0.05) is 24.8 Å².